The molecule has 25 heavy (non-hydrogen) atoms. The van der Waals surface area contributed by atoms with Crippen molar-refractivity contribution >= 4 is 29.9 Å². The molecule has 4 nitrogen and oxygen atoms in total. The van der Waals surface area contributed by atoms with Crippen molar-refractivity contribution in [2.75, 3.05) is 33.7 Å². The highest BCUT2D eigenvalue weighted by molar-refractivity contribution is 14.0. The summed E-state index contributed by atoms with van der Waals surface area (Å²) in [5, 5.41) is 6.62. The summed E-state index contributed by atoms with van der Waals surface area (Å²) in [4.78, 5) is 6.78. The minimum atomic E-state index is -0.210. The summed E-state index contributed by atoms with van der Waals surface area (Å²) in [6.45, 7) is 5.56. The Morgan fingerprint density at radius 3 is 2.28 bits per heavy atom. The first-order valence-electron chi connectivity index (χ1n) is 9.03. The summed E-state index contributed by atoms with van der Waals surface area (Å²) in [5.74, 6) is 0.618. The maximum Gasteiger partial charge on any atom is 0.191 e. The van der Waals surface area contributed by atoms with Gasteiger partial charge in [0.15, 0.2) is 5.96 Å². The molecule has 144 valence electrons. The van der Waals surface area contributed by atoms with Gasteiger partial charge in [-0.1, -0.05) is 31.4 Å². The number of aliphatic imine (C=N–C) groups is 1. The predicted octanol–water partition coefficient (Wildman–Crippen LogP) is 4.01. The molecule has 0 fully saturated rings. The van der Waals surface area contributed by atoms with Gasteiger partial charge in [0.1, 0.15) is 5.82 Å². The fourth-order valence-electron chi connectivity index (χ4n) is 2.39. The molecule has 2 N–H and O–H groups in total. The van der Waals surface area contributed by atoms with E-state index in [1.165, 1.54) is 44.4 Å². The lowest BCUT2D eigenvalue weighted by molar-refractivity contribution is 0.389. The third-order valence-electron chi connectivity index (χ3n) is 3.75. The van der Waals surface area contributed by atoms with Crippen LogP contribution in [-0.4, -0.2) is 44.6 Å². The molecule has 0 atom stereocenters. The molecule has 6 heteroatoms. The summed E-state index contributed by atoms with van der Waals surface area (Å²) < 4.78 is 12.9. The van der Waals surface area contributed by atoms with Gasteiger partial charge < -0.3 is 15.5 Å². The van der Waals surface area contributed by atoms with Crippen LogP contribution in [0.1, 0.15) is 44.6 Å². The number of halogens is 2. The van der Waals surface area contributed by atoms with Crippen LogP contribution in [0.2, 0.25) is 0 Å². The van der Waals surface area contributed by atoms with Crippen LogP contribution in [0.25, 0.3) is 0 Å². The highest BCUT2D eigenvalue weighted by Gasteiger charge is 1.98. The second-order valence-corrected chi connectivity index (χ2v) is 6.32. The van der Waals surface area contributed by atoms with Gasteiger partial charge in [-0.05, 0) is 58.1 Å². The van der Waals surface area contributed by atoms with Gasteiger partial charge >= 0.3 is 0 Å². The van der Waals surface area contributed by atoms with Crippen molar-refractivity contribution in [1.82, 2.24) is 15.5 Å². The minimum Gasteiger partial charge on any atom is -0.357 e. The van der Waals surface area contributed by atoms with Crippen molar-refractivity contribution in [3.8, 4) is 0 Å². The number of rotatable bonds is 11. The highest BCUT2D eigenvalue weighted by atomic mass is 127. The van der Waals surface area contributed by atoms with Crippen molar-refractivity contribution in [3.05, 3.63) is 35.6 Å². The van der Waals surface area contributed by atoms with Gasteiger partial charge in [-0.3, -0.25) is 0 Å². The van der Waals surface area contributed by atoms with Gasteiger partial charge in [0.25, 0.3) is 0 Å². The number of hydrogen-bond acceptors (Lipinski definition) is 2. The molecular formula is C19H34FIN4. The molecule has 0 amide bonds. The molecule has 0 spiro atoms. The molecule has 0 bridgehead atoms. The molecule has 0 aliphatic carbocycles. The van der Waals surface area contributed by atoms with Gasteiger partial charge in [-0.15, -0.1) is 24.0 Å². The van der Waals surface area contributed by atoms with E-state index in [0.29, 0.717) is 6.54 Å². The molecular weight excluding hydrogens is 430 g/mol. The van der Waals surface area contributed by atoms with Crippen LogP contribution in [0.15, 0.2) is 29.3 Å². The summed E-state index contributed by atoms with van der Waals surface area (Å²) >= 11 is 0. The van der Waals surface area contributed by atoms with Crippen molar-refractivity contribution in [2.45, 2.75) is 45.6 Å². The zero-order chi connectivity index (χ0) is 17.6. The maximum absolute atomic E-state index is 12.9. The number of unbranched alkanes of at least 4 members (excludes halogenated alkanes) is 4. The van der Waals surface area contributed by atoms with Gasteiger partial charge in [0, 0.05) is 13.1 Å². The molecule has 0 unspecified atom stereocenters. The average molecular weight is 464 g/mol. The summed E-state index contributed by atoms with van der Waals surface area (Å²) in [6, 6.07) is 6.50. The first-order chi connectivity index (χ1) is 11.6. The predicted molar refractivity (Wildman–Crippen MR) is 116 cm³/mol. The number of hydrogen-bond donors (Lipinski definition) is 2. The quantitative estimate of drug-likeness (QED) is 0.225. The van der Waals surface area contributed by atoms with Gasteiger partial charge in [-0.25, -0.2) is 9.38 Å². The molecule has 0 aliphatic rings. The summed E-state index contributed by atoms with van der Waals surface area (Å²) in [5.41, 5.74) is 1.01. The minimum absolute atomic E-state index is 0. The summed E-state index contributed by atoms with van der Waals surface area (Å²) in [6.07, 6.45) is 6.28. The monoisotopic (exact) mass is 464 g/mol. The largest absolute Gasteiger partial charge is 0.357 e. The number of nitrogens with one attached hydrogen (secondary N) is 2. The van der Waals surface area contributed by atoms with Crippen LogP contribution >= 0.6 is 24.0 Å². The Hall–Kier alpha value is -0.890. The third-order valence-corrected chi connectivity index (χ3v) is 3.75. The van der Waals surface area contributed by atoms with E-state index >= 15 is 0 Å². The van der Waals surface area contributed by atoms with Gasteiger partial charge in [0.2, 0.25) is 0 Å². The normalized spacial score (nSPS) is 11.3. The average Bonchev–Trinajstić information content (AvgIpc) is 2.56. The Kier molecular flexibility index (Phi) is 14.8. The molecule has 0 heterocycles. The molecule has 0 saturated carbocycles. The van der Waals surface area contributed by atoms with Crippen molar-refractivity contribution in [2.24, 2.45) is 4.99 Å². The fourth-order valence-corrected chi connectivity index (χ4v) is 2.39. The number of guanidine groups is 1. The lowest BCUT2D eigenvalue weighted by atomic mass is 10.1. The third kappa shape index (κ3) is 13.0. The van der Waals surface area contributed by atoms with E-state index in [4.69, 9.17) is 0 Å². The van der Waals surface area contributed by atoms with Crippen molar-refractivity contribution in [1.29, 1.82) is 0 Å². The lowest BCUT2D eigenvalue weighted by Crippen LogP contribution is -2.37. The molecule has 0 saturated heterocycles. The first-order valence-corrected chi connectivity index (χ1v) is 9.03. The van der Waals surface area contributed by atoms with Crippen LogP contribution in [0, 0.1) is 5.82 Å². The van der Waals surface area contributed by atoms with Crippen molar-refractivity contribution < 1.29 is 4.39 Å². The van der Waals surface area contributed by atoms with E-state index in [0.717, 1.165) is 31.0 Å². The van der Waals surface area contributed by atoms with Crippen LogP contribution in [-0.2, 0) is 6.54 Å². The van der Waals surface area contributed by atoms with Gasteiger partial charge in [-0.2, -0.15) is 0 Å². The topological polar surface area (TPSA) is 39.7 Å². The molecule has 0 aliphatic heterocycles. The van der Waals surface area contributed by atoms with E-state index in [2.05, 4.69) is 41.5 Å². The second kappa shape index (κ2) is 15.4. The Balaban J connectivity index is 0.00000576. The molecule has 0 radical (unpaired) electrons. The van der Waals surface area contributed by atoms with Crippen LogP contribution < -0.4 is 10.6 Å². The Morgan fingerprint density at radius 2 is 1.64 bits per heavy atom. The molecule has 1 aromatic carbocycles. The van der Waals surface area contributed by atoms with E-state index < -0.39 is 0 Å². The highest BCUT2D eigenvalue weighted by Crippen LogP contribution is 2.04. The standard InChI is InChI=1S/C19H33FN4.HI/c1-4-21-19(23-16-17-10-12-18(20)13-11-17)22-14-8-6-5-7-9-15-24(2)3;/h10-13H,4-9,14-16H2,1-3H3,(H2,21,22,23);1H. The van der Waals surface area contributed by atoms with Crippen LogP contribution in [0.3, 0.4) is 0 Å². The van der Waals surface area contributed by atoms with Crippen LogP contribution in [0.5, 0.6) is 0 Å². The zero-order valence-corrected chi connectivity index (χ0v) is 18.2. The Bertz CT molecular complexity index is 463. The number of benzene rings is 1. The van der Waals surface area contributed by atoms with E-state index in [1.807, 2.05) is 0 Å². The van der Waals surface area contributed by atoms with Gasteiger partial charge in [0.05, 0.1) is 6.54 Å². The maximum atomic E-state index is 12.9. The molecule has 0 aromatic heterocycles. The first kappa shape index (κ1) is 24.1. The molecule has 1 aromatic rings. The number of nitrogens with zero attached hydrogens (tertiary/aromatic N) is 2. The SMILES string of the molecule is CCNC(=NCc1ccc(F)cc1)NCCCCCCCN(C)C.I. The Morgan fingerprint density at radius 1 is 1.00 bits per heavy atom. The summed E-state index contributed by atoms with van der Waals surface area (Å²) in [7, 11) is 4.24. The zero-order valence-electron chi connectivity index (χ0n) is 15.9. The lowest BCUT2D eigenvalue weighted by Gasteiger charge is -2.11. The van der Waals surface area contributed by atoms with E-state index in [9.17, 15) is 4.39 Å². The second-order valence-electron chi connectivity index (χ2n) is 6.32. The van der Waals surface area contributed by atoms with E-state index in [1.54, 1.807) is 12.1 Å². The van der Waals surface area contributed by atoms with Crippen molar-refractivity contribution in [3.63, 3.8) is 0 Å². The molecule has 1 rings (SSSR count). The fraction of sp³-hybridized carbons (Fsp3) is 0.632. The van der Waals surface area contributed by atoms with E-state index in [-0.39, 0.29) is 29.8 Å². The smallest absolute Gasteiger partial charge is 0.191 e. The Labute approximate surface area is 169 Å². The van der Waals surface area contributed by atoms with Crippen LogP contribution in [0.4, 0.5) is 4.39 Å².